The summed E-state index contributed by atoms with van der Waals surface area (Å²) in [6.07, 6.45) is 0.818. The van der Waals surface area contributed by atoms with Crippen LogP contribution in [-0.2, 0) is 16.1 Å². The summed E-state index contributed by atoms with van der Waals surface area (Å²) < 4.78 is 11.1. The summed E-state index contributed by atoms with van der Waals surface area (Å²) in [5.41, 5.74) is 3.01. The first-order chi connectivity index (χ1) is 14.7. The third-order valence-electron chi connectivity index (χ3n) is 5.21. The van der Waals surface area contributed by atoms with Crippen LogP contribution < -0.4 is 14.8 Å². The number of carbonyl (C=O) groups is 2. The molecule has 2 rings (SSSR count). The van der Waals surface area contributed by atoms with Gasteiger partial charge in [0.05, 0.1) is 7.11 Å². The quantitative estimate of drug-likeness (QED) is 0.623. The molecule has 0 saturated heterocycles. The predicted octanol–water partition coefficient (Wildman–Crippen LogP) is 4.02. The van der Waals surface area contributed by atoms with Crippen molar-refractivity contribution >= 4 is 11.8 Å². The number of aryl methyl sites for hydroxylation is 2. The highest BCUT2D eigenvalue weighted by molar-refractivity contribution is 5.88. The van der Waals surface area contributed by atoms with Gasteiger partial charge in [0.2, 0.25) is 5.91 Å². The van der Waals surface area contributed by atoms with E-state index in [1.54, 1.807) is 18.9 Å². The standard InChI is InChI=1S/C25H34N2O4/c1-7-19(4)26-25(29)20(5)27(15-21-9-8-10-22(14-21)30-6)24(28)16-31-23-12-17(2)11-18(3)13-23/h8-14,19-20H,7,15-16H2,1-6H3,(H,26,29). The van der Waals surface area contributed by atoms with Crippen LogP contribution in [0.4, 0.5) is 0 Å². The van der Waals surface area contributed by atoms with E-state index in [4.69, 9.17) is 9.47 Å². The van der Waals surface area contributed by atoms with Gasteiger partial charge < -0.3 is 19.7 Å². The van der Waals surface area contributed by atoms with Gasteiger partial charge >= 0.3 is 0 Å². The Morgan fingerprint density at radius 3 is 2.32 bits per heavy atom. The maximum absolute atomic E-state index is 13.1. The van der Waals surface area contributed by atoms with Gasteiger partial charge in [0.25, 0.3) is 5.91 Å². The molecule has 0 spiro atoms. The van der Waals surface area contributed by atoms with Gasteiger partial charge in [0.1, 0.15) is 17.5 Å². The Bertz CT molecular complexity index is 877. The Kier molecular flexibility index (Phi) is 8.91. The van der Waals surface area contributed by atoms with E-state index in [1.807, 2.05) is 70.2 Å². The second-order valence-electron chi connectivity index (χ2n) is 7.98. The number of hydrogen-bond acceptors (Lipinski definition) is 4. The van der Waals surface area contributed by atoms with Gasteiger partial charge in [-0.25, -0.2) is 0 Å². The fourth-order valence-corrected chi connectivity index (χ4v) is 3.26. The van der Waals surface area contributed by atoms with Gasteiger partial charge in [-0.2, -0.15) is 0 Å². The molecule has 0 aliphatic rings. The van der Waals surface area contributed by atoms with Crippen molar-refractivity contribution in [1.82, 2.24) is 10.2 Å². The van der Waals surface area contributed by atoms with Crippen LogP contribution >= 0.6 is 0 Å². The SMILES string of the molecule is CCC(C)NC(=O)C(C)N(Cc1cccc(OC)c1)C(=O)COc1cc(C)cc(C)c1. The van der Waals surface area contributed by atoms with E-state index >= 15 is 0 Å². The van der Waals surface area contributed by atoms with Crippen LogP contribution in [0.25, 0.3) is 0 Å². The molecule has 2 aromatic carbocycles. The van der Waals surface area contributed by atoms with Crippen molar-refractivity contribution < 1.29 is 19.1 Å². The van der Waals surface area contributed by atoms with Crippen LogP contribution in [0, 0.1) is 13.8 Å². The number of nitrogens with one attached hydrogen (secondary N) is 1. The minimum Gasteiger partial charge on any atom is -0.497 e. The summed E-state index contributed by atoms with van der Waals surface area (Å²) >= 11 is 0. The molecule has 6 nitrogen and oxygen atoms in total. The molecule has 0 saturated carbocycles. The van der Waals surface area contributed by atoms with Gasteiger partial charge in [-0.3, -0.25) is 9.59 Å². The van der Waals surface area contributed by atoms with Crippen LogP contribution in [0.2, 0.25) is 0 Å². The zero-order valence-corrected chi connectivity index (χ0v) is 19.4. The number of hydrogen-bond donors (Lipinski definition) is 1. The molecule has 0 bridgehead atoms. The van der Waals surface area contributed by atoms with Crippen molar-refractivity contribution in [2.24, 2.45) is 0 Å². The molecule has 2 unspecified atom stereocenters. The number of methoxy groups -OCH3 is 1. The summed E-state index contributed by atoms with van der Waals surface area (Å²) in [6.45, 7) is 9.80. The summed E-state index contributed by atoms with van der Waals surface area (Å²) in [6, 6.07) is 12.7. The van der Waals surface area contributed by atoms with E-state index in [2.05, 4.69) is 5.32 Å². The second-order valence-corrected chi connectivity index (χ2v) is 7.98. The lowest BCUT2D eigenvalue weighted by Gasteiger charge is -2.29. The zero-order chi connectivity index (χ0) is 23.0. The van der Waals surface area contributed by atoms with E-state index in [0.717, 1.165) is 23.1 Å². The molecule has 1 N–H and O–H groups in total. The van der Waals surface area contributed by atoms with E-state index < -0.39 is 6.04 Å². The Morgan fingerprint density at radius 2 is 1.71 bits per heavy atom. The van der Waals surface area contributed by atoms with Gasteiger partial charge in [0.15, 0.2) is 6.61 Å². The van der Waals surface area contributed by atoms with Gasteiger partial charge in [-0.15, -0.1) is 0 Å². The third kappa shape index (κ3) is 7.31. The average molecular weight is 427 g/mol. The minimum absolute atomic E-state index is 0.0373. The Hall–Kier alpha value is -3.02. The number of nitrogens with zero attached hydrogens (tertiary/aromatic N) is 1. The number of benzene rings is 2. The largest absolute Gasteiger partial charge is 0.497 e. The summed E-state index contributed by atoms with van der Waals surface area (Å²) in [5, 5.41) is 2.96. The highest BCUT2D eigenvalue weighted by atomic mass is 16.5. The number of amides is 2. The van der Waals surface area contributed by atoms with Crippen LogP contribution in [0.15, 0.2) is 42.5 Å². The van der Waals surface area contributed by atoms with Crippen LogP contribution in [-0.4, -0.2) is 42.5 Å². The highest BCUT2D eigenvalue weighted by Gasteiger charge is 2.27. The molecule has 0 heterocycles. The fourth-order valence-electron chi connectivity index (χ4n) is 3.26. The second kappa shape index (κ2) is 11.4. The molecule has 0 aliphatic heterocycles. The third-order valence-corrected chi connectivity index (χ3v) is 5.21. The number of ether oxygens (including phenoxy) is 2. The van der Waals surface area contributed by atoms with Crippen molar-refractivity contribution in [3.63, 3.8) is 0 Å². The molecule has 0 aromatic heterocycles. The Morgan fingerprint density at radius 1 is 1.03 bits per heavy atom. The van der Waals surface area contributed by atoms with Gasteiger partial charge in [-0.05, 0) is 75.1 Å². The molecule has 0 radical (unpaired) electrons. The molecule has 0 aliphatic carbocycles. The van der Waals surface area contributed by atoms with Crippen LogP contribution in [0.5, 0.6) is 11.5 Å². The molecule has 0 fully saturated rings. The lowest BCUT2D eigenvalue weighted by atomic mass is 10.1. The minimum atomic E-state index is -0.643. The Balaban J connectivity index is 2.19. The van der Waals surface area contributed by atoms with E-state index in [9.17, 15) is 9.59 Å². The molecule has 2 aromatic rings. The van der Waals surface area contributed by atoms with E-state index in [1.165, 1.54) is 0 Å². The van der Waals surface area contributed by atoms with Crippen LogP contribution in [0.3, 0.4) is 0 Å². The van der Waals surface area contributed by atoms with Crippen molar-refractivity contribution in [3.8, 4) is 11.5 Å². The predicted molar refractivity (Wildman–Crippen MR) is 122 cm³/mol. The number of carbonyl (C=O) groups excluding carboxylic acids is 2. The summed E-state index contributed by atoms with van der Waals surface area (Å²) in [7, 11) is 1.60. The molecule has 2 amide bonds. The smallest absolute Gasteiger partial charge is 0.261 e. The molecular formula is C25H34N2O4. The van der Waals surface area contributed by atoms with Gasteiger partial charge in [0, 0.05) is 12.6 Å². The van der Waals surface area contributed by atoms with Gasteiger partial charge in [-0.1, -0.05) is 25.1 Å². The van der Waals surface area contributed by atoms with Crippen molar-refractivity contribution in [2.75, 3.05) is 13.7 Å². The lowest BCUT2D eigenvalue weighted by molar-refractivity contribution is -0.142. The van der Waals surface area contributed by atoms with Crippen molar-refractivity contribution in [2.45, 2.75) is 59.7 Å². The van der Waals surface area contributed by atoms with Crippen LogP contribution in [0.1, 0.15) is 43.9 Å². The number of rotatable bonds is 10. The first-order valence-electron chi connectivity index (χ1n) is 10.7. The molecule has 31 heavy (non-hydrogen) atoms. The lowest BCUT2D eigenvalue weighted by Crippen LogP contribution is -2.50. The topological polar surface area (TPSA) is 67.9 Å². The molecular weight excluding hydrogens is 392 g/mol. The van der Waals surface area contributed by atoms with E-state index in [0.29, 0.717) is 11.5 Å². The highest BCUT2D eigenvalue weighted by Crippen LogP contribution is 2.18. The fraction of sp³-hybridized carbons (Fsp3) is 0.440. The normalized spacial score (nSPS) is 12.6. The molecule has 168 valence electrons. The maximum Gasteiger partial charge on any atom is 0.261 e. The maximum atomic E-state index is 13.1. The first kappa shape index (κ1) is 24.3. The summed E-state index contributed by atoms with van der Waals surface area (Å²) in [5.74, 6) is 0.905. The summed E-state index contributed by atoms with van der Waals surface area (Å²) in [4.78, 5) is 27.5. The van der Waals surface area contributed by atoms with Crippen molar-refractivity contribution in [3.05, 3.63) is 59.2 Å². The first-order valence-corrected chi connectivity index (χ1v) is 10.7. The monoisotopic (exact) mass is 426 g/mol. The molecule has 2 atom stereocenters. The zero-order valence-electron chi connectivity index (χ0n) is 19.4. The molecule has 6 heteroatoms. The van der Waals surface area contributed by atoms with Crippen molar-refractivity contribution in [1.29, 1.82) is 0 Å². The van der Waals surface area contributed by atoms with E-state index in [-0.39, 0.29) is 31.0 Å². The Labute approximate surface area is 185 Å². The average Bonchev–Trinajstić information content (AvgIpc) is 2.74.